The van der Waals surface area contributed by atoms with Gasteiger partial charge in [0.25, 0.3) is 0 Å². The summed E-state index contributed by atoms with van der Waals surface area (Å²) < 4.78 is 1.89. The second-order valence-corrected chi connectivity index (χ2v) is 6.02. The fraction of sp³-hybridized carbons (Fsp3) is 0.278. The summed E-state index contributed by atoms with van der Waals surface area (Å²) in [4.78, 5) is 20.8. The molecule has 3 aromatic rings. The standard InChI is InChI=1S/C18H19N5O/c24-18(22-14-6-9-23-10-8-20-17(23)11-14)21-12-16-15-4-2-1-3-13(15)5-7-19-16/h5-11H,1-4,12H2,(H2,21,22,24). The number of hydrogen-bond acceptors (Lipinski definition) is 3. The van der Waals surface area contributed by atoms with E-state index in [1.807, 2.05) is 35.1 Å². The Morgan fingerprint density at radius 1 is 1.12 bits per heavy atom. The first-order valence-electron chi connectivity index (χ1n) is 8.23. The number of aromatic nitrogens is 3. The Morgan fingerprint density at radius 2 is 2.04 bits per heavy atom. The largest absolute Gasteiger partial charge is 0.332 e. The number of carbonyl (C=O) groups is 1. The third-order valence-corrected chi connectivity index (χ3v) is 4.44. The van der Waals surface area contributed by atoms with Crippen LogP contribution in [0.1, 0.15) is 29.7 Å². The molecule has 0 saturated carbocycles. The number of imidazole rings is 1. The summed E-state index contributed by atoms with van der Waals surface area (Å²) in [7, 11) is 0. The molecule has 3 heterocycles. The fourth-order valence-electron chi connectivity index (χ4n) is 3.22. The summed E-state index contributed by atoms with van der Waals surface area (Å²) in [5.74, 6) is 0. The van der Waals surface area contributed by atoms with E-state index in [4.69, 9.17) is 0 Å². The number of pyridine rings is 2. The van der Waals surface area contributed by atoms with Gasteiger partial charge in [0.05, 0.1) is 12.2 Å². The second kappa shape index (κ2) is 6.31. The van der Waals surface area contributed by atoms with Crippen LogP contribution in [0, 0.1) is 0 Å². The van der Waals surface area contributed by atoms with Crippen molar-refractivity contribution < 1.29 is 4.79 Å². The summed E-state index contributed by atoms with van der Waals surface area (Å²) in [6, 6.07) is 5.54. The number of amides is 2. The molecule has 1 aliphatic carbocycles. The summed E-state index contributed by atoms with van der Waals surface area (Å²) in [6.07, 6.45) is 11.9. The Bertz CT molecular complexity index is 886. The second-order valence-electron chi connectivity index (χ2n) is 6.02. The zero-order valence-electron chi connectivity index (χ0n) is 13.3. The number of aryl methyl sites for hydroxylation is 1. The van der Waals surface area contributed by atoms with Crippen LogP contribution in [0.25, 0.3) is 5.65 Å². The van der Waals surface area contributed by atoms with Gasteiger partial charge in [-0.25, -0.2) is 9.78 Å². The molecule has 2 amide bonds. The molecule has 2 N–H and O–H groups in total. The molecular formula is C18H19N5O. The first-order valence-corrected chi connectivity index (χ1v) is 8.23. The molecule has 4 rings (SSSR count). The Balaban J connectivity index is 1.41. The van der Waals surface area contributed by atoms with Crippen molar-refractivity contribution in [3.05, 3.63) is 59.8 Å². The first-order chi connectivity index (χ1) is 11.8. The maximum Gasteiger partial charge on any atom is 0.319 e. The number of carbonyl (C=O) groups excluding carboxylic acids is 1. The maximum absolute atomic E-state index is 12.2. The Hall–Kier alpha value is -2.89. The SMILES string of the molecule is O=C(NCc1nccc2c1CCCC2)Nc1ccn2ccnc2c1. The van der Waals surface area contributed by atoms with Gasteiger partial charge >= 0.3 is 6.03 Å². The average molecular weight is 321 g/mol. The zero-order valence-corrected chi connectivity index (χ0v) is 13.3. The van der Waals surface area contributed by atoms with E-state index >= 15 is 0 Å². The predicted octanol–water partition coefficient (Wildman–Crippen LogP) is 2.93. The molecule has 0 aromatic carbocycles. The van der Waals surface area contributed by atoms with Gasteiger partial charge in [-0.1, -0.05) is 0 Å². The van der Waals surface area contributed by atoms with E-state index < -0.39 is 0 Å². The van der Waals surface area contributed by atoms with E-state index in [0.29, 0.717) is 12.2 Å². The van der Waals surface area contributed by atoms with E-state index in [-0.39, 0.29) is 6.03 Å². The molecule has 3 aromatic heterocycles. The molecule has 0 unspecified atom stereocenters. The highest BCUT2D eigenvalue weighted by molar-refractivity contribution is 5.89. The number of anilines is 1. The van der Waals surface area contributed by atoms with Crippen molar-refractivity contribution in [2.24, 2.45) is 0 Å². The number of hydrogen-bond donors (Lipinski definition) is 2. The quantitative estimate of drug-likeness (QED) is 0.779. The van der Waals surface area contributed by atoms with Crippen molar-refractivity contribution >= 4 is 17.4 Å². The summed E-state index contributed by atoms with van der Waals surface area (Å²) in [5.41, 5.74) is 5.17. The molecule has 0 saturated heterocycles. The van der Waals surface area contributed by atoms with Gasteiger partial charge in [0, 0.05) is 36.5 Å². The van der Waals surface area contributed by atoms with Gasteiger partial charge in [-0.3, -0.25) is 4.98 Å². The zero-order chi connectivity index (χ0) is 16.4. The lowest BCUT2D eigenvalue weighted by Crippen LogP contribution is -2.29. The molecule has 6 nitrogen and oxygen atoms in total. The summed E-state index contributed by atoms with van der Waals surface area (Å²) in [5, 5.41) is 5.74. The van der Waals surface area contributed by atoms with Crippen LogP contribution in [-0.2, 0) is 19.4 Å². The van der Waals surface area contributed by atoms with Crippen LogP contribution in [0.4, 0.5) is 10.5 Å². The monoisotopic (exact) mass is 321 g/mol. The van der Waals surface area contributed by atoms with Crippen LogP contribution in [-0.4, -0.2) is 20.4 Å². The molecule has 0 radical (unpaired) electrons. The lowest BCUT2D eigenvalue weighted by atomic mass is 9.91. The smallest absolute Gasteiger partial charge is 0.319 e. The number of urea groups is 1. The molecule has 0 atom stereocenters. The summed E-state index contributed by atoms with van der Waals surface area (Å²) in [6.45, 7) is 0.445. The van der Waals surface area contributed by atoms with Crippen LogP contribution < -0.4 is 10.6 Å². The topological polar surface area (TPSA) is 71.3 Å². The first kappa shape index (κ1) is 14.7. The molecule has 0 fully saturated rings. The molecule has 1 aliphatic rings. The Kier molecular flexibility index (Phi) is 3.86. The highest BCUT2D eigenvalue weighted by Gasteiger charge is 2.14. The van der Waals surface area contributed by atoms with Gasteiger partial charge in [0.2, 0.25) is 0 Å². The van der Waals surface area contributed by atoms with Crippen LogP contribution in [0.3, 0.4) is 0 Å². The third kappa shape index (κ3) is 2.95. The molecule has 24 heavy (non-hydrogen) atoms. The van der Waals surface area contributed by atoms with Crippen LogP contribution in [0.2, 0.25) is 0 Å². The normalized spacial score (nSPS) is 13.5. The van der Waals surface area contributed by atoms with E-state index in [9.17, 15) is 4.79 Å². The number of fused-ring (bicyclic) bond motifs is 2. The number of rotatable bonds is 3. The Morgan fingerprint density at radius 3 is 3.00 bits per heavy atom. The van der Waals surface area contributed by atoms with Gasteiger partial charge in [-0.15, -0.1) is 0 Å². The van der Waals surface area contributed by atoms with Crippen molar-refractivity contribution in [2.45, 2.75) is 32.2 Å². The molecular weight excluding hydrogens is 302 g/mol. The lowest BCUT2D eigenvalue weighted by molar-refractivity contribution is 0.251. The minimum absolute atomic E-state index is 0.235. The summed E-state index contributed by atoms with van der Waals surface area (Å²) >= 11 is 0. The third-order valence-electron chi connectivity index (χ3n) is 4.44. The van der Waals surface area contributed by atoms with Crippen LogP contribution in [0.15, 0.2) is 43.0 Å². The highest BCUT2D eigenvalue weighted by atomic mass is 16.2. The lowest BCUT2D eigenvalue weighted by Gasteiger charge is -2.18. The fourth-order valence-corrected chi connectivity index (χ4v) is 3.22. The van der Waals surface area contributed by atoms with Gasteiger partial charge in [-0.2, -0.15) is 0 Å². The maximum atomic E-state index is 12.2. The highest BCUT2D eigenvalue weighted by Crippen LogP contribution is 2.22. The van der Waals surface area contributed by atoms with E-state index in [1.54, 1.807) is 6.20 Å². The van der Waals surface area contributed by atoms with E-state index in [2.05, 4.69) is 26.7 Å². The average Bonchev–Trinajstić information content (AvgIpc) is 3.07. The van der Waals surface area contributed by atoms with E-state index in [1.165, 1.54) is 24.0 Å². The molecule has 6 heteroatoms. The molecule has 0 aliphatic heterocycles. The van der Waals surface area contributed by atoms with Crippen molar-refractivity contribution in [3.8, 4) is 0 Å². The van der Waals surface area contributed by atoms with Crippen molar-refractivity contribution in [3.63, 3.8) is 0 Å². The number of nitrogens with one attached hydrogen (secondary N) is 2. The van der Waals surface area contributed by atoms with Crippen LogP contribution >= 0.6 is 0 Å². The van der Waals surface area contributed by atoms with E-state index in [0.717, 1.165) is 24.2 Å². The van der Waals surface area contributed by atoms with Gasteiger partial charge in [0.1, 0.15) is 5.65 Å². The minimum atomic E-state index is -0.235. The predicted molar refractivity (Wildman–Crippen MR) is 91.9 cm³/mol. The molecule has 0 bridgehead atoms. The van der Waals surface area contributed by atoms with Crippen LogP contribution in [0.5, 0.6) is 0 Å². The van der Waals surface area contributed by atoms with Crippen molar-refractivity contribution in [1.29, 1.82) is 0 Å². The van der Waals surface area contributed by atoms with Crippen molar-refractivity contribution in [1.82, 2.24) is 19.7 Å². The van der Waals surface area contributed by atoms with Gasteiger partial charge < -0.3 is 15.0 Å². The molecule has 122 valence electrons. The minimum Gasteiger partial charge on any atom is -0.332 e. The van der Waals surface area contributed by atoms with Crippen molar-refractivity contribution in [2.75, 3.05) is 5.32 Å². The number of nitrogens with zero attached hydrogens (tertiary/aromatic N) is 3. The Labute approximate surface area is 139 Å². The molecule has 0 spiro atoms. The van der Waals surface area contributed by atoms with Gasteiger partial charge in [0.15, 0.2) is 0 Å². The van der Waals surface area contributed by atoms with Gasteiger partial charge in [-0.05, 0) is 48.9 Å².